The molecule has 0 heterocycles. The molecule has 0 atom stereocenters. The molecule has 0 aliphatic rings. The van der Waals surface area contributed by atoms with Crippen LogP contribution in [0.4, 0.5) is 5.69 Å². The third-order valence-corrected chi connectivity index (χ3v) is 2.40. The average molecular weight is 266 g/mol. The fraction of sp³-hybridized carbons (Fsp3) is 0.385. The summed E-state index contributed by atoms with van der Waals surface area (Å²) in [7, 11) is 3.91. The summed E-state index contributed by atoms with van der Waals surface area (Å²) in [5.41, 5.74) is 2.05. The van der Waals surface area contributed by atoms with Gasteiger partial charge in [0, 0.05) is 26.3 Å². The molecule has 1 amide bonds. The Balaban J connectivity index is 2.31. The van der Waals surface area contributed by atoms with Crippen LogP contribution in [0.2, 0.25) is 0 Å². The van der Waals surface area contributed by atoms with Crippen molar-refractivity contribution in [3.63, 3.8) is 0 Å². The van der Waals surface area contributed by atoms with Gasteiger partial charge in [0.2, 0.25) is 5.91 Å². The minimum Gasteiger partial charge on any atom is -0.480 e. The van der Waals surface area contributed by atoms with Gasteiger partial charge in [0.15, 0.2) is 0 Å². The van der Waals surface area contributed by atoms with Gasteiger partial charge < -0.3 is 20.1 Å². The van der Waals surface area contributed by atoms with Crippen molar-refractivity contribution in [3.8, 4) is 0 Å². The molecule has 0 unspecified atom stereocenters. The normalized spacial score (nSPS) is 10.0. The lowest BCUT2D eigenvalue weighted by Gasteiger charge is -2.12. The molecule has 0 radical (unpaired) electrons. The summed E-state index contributed by atoms with van der Waals surface area (Å²) in [4.78, 5) is 23.5. The van der Waals surface area contributed by atoms with E-state index in [2.05, 4.69) is 10.1 Å². The monoisotopic (exact) mass is 266 g/mol. The van der Waals surface area contributed by atoms with Crippen LogP contribution in [0.5, 0.6) is 0 Å². The number of carbonyl (C=O) groups is 2. The Kier molecular flexibility index (Phi) is 5.81. The molecule has 1 aromatic carbocycles. The lowest BCUT2D eigenvalue weighted by Crippen LogP contribution is -2.28. The summed E-state index contributed by atoms with van der Waals surface area (Å²) in [5, 5.41) is 11.0. The van der Waals surface area contributed by atoms with Crippen LogP contribution in [0, 0.1) is 0 Å². The number of rotatable bonds is 7. The second kappa shape index (κ2) is 7.38. The molecule has 0 bridgehead atoms. The van der Waals surface area contributed by atoms with E-state index in [0.29, 0.717) is 6.54 Å². The summed E-state index contributed by atoms with van der Waals surface area (Å²) in [5.74, 6) is -1.43. The van der Waals surface area contributed by atoms with Crippen molar-refractivity contribution in [2.24, 2.45) is 0 Å². The van der Waals surface area contributed by atoms with E-state index in [1.165, 1.54) is 0 Å². The fourth-order valence-corrected chi connectivity index (χ4v) is 1.39. The van der Waals surface area contributed by atoms with Crippen LogP contribution in [0.25, 0.3) is 0 Å². The fourth-order valence-electron chi connectivity index (χ4n) is 1.39. The van der Waals surface area contributed by atoms with E-state index in [9.17, 15) is 9.59 Å². The number of hydrogen-bond acceptors (Lipinski definition) is 4. The van der Waals surface area contributed by atoms with Crippen LogP contribution in [-0.4, -0.2) is 44.3 Å². The highest BCUT2D eigenvalue weighted by molar-refractivity contribution is 5.77. The maximum Gasteiger partial charge on any atom is 0.329 e. The Morgan fingerprint density at radius 1 is 1.21 bits per heavy atom. The second-order valence-corrected chi connectivity index (χ2v) is 4.22. The summed E-state index contributed by atoms with van der Waals surface area (Å²) in [6.45, 7) is -0.323. The minimum absolute atomic E-state index is 0.248. The third kappa shape index (κ3) is 5.87. The summed E-state index contributed by atoms with van der Waals surface area (Å²) >= 11 is 0. The Hall–Kier alpha value is -2.08. The van der Waals surface area contributed by atoms with Crippen LogP contribution < -0.4 is 10.2 Å². The van der Waals surface area contributed by atoms with Crippen molar-refractivity contribution in [2.45, 2.75) is 6.54 Å². The van der Waals surface area contributed by atoms with Crippen molar-refractivity contribution in [1.82, 2.24) is 5.32 Å². The number of carboxylic acid groups (broad SMARTS) is 1. The minimum atomic E-state index is -1.09. The SMILES string of the molecule is CN(C)c1ccc(CNC(=O)COCC(=O)O)cc1. The molecule has 0 spiro atoms. The molecule has 0 aromatic heterocycles. The van der Waals surface area contributed by atoms with E-state index in [-0.39, 0.29) is 12.5 Å². The standard InChI is InChI=1S/C13H18N2O4/c1-15(2)11-5-3-10(4-6-11)7-14-12(16)8-19-9-13(17)18/h3-6H,7-9H2,1-2H3,(H,14,16)(H,17,18). The van der Waals surface area contributed by atoms with E-state index < -0.39 is 12.6 Å². The zero-order valence-corrected chi connectivity index (χ0v) is 11.0. The van der Waals surface area contributed by atoms with Crippen LogP contribution in [0.3, 0.4) is 0 Å². The Morgan fingerprint density at radius 3 is 2.37 bits per heavy atom. The molecule has 2 N–H and O–H groups in total. The highest BCUT2D eigenvalue weighted by Gasteiger charge is 2.04. The van der Waals surface area contributed by atoms with Crippen molar-refractivity contribution in [2.75, 3.05) is 32.2 Å². The van der Waals surface area contributed by atoms with Crippen LogP contribution in [0.15, 0.2) is 24.3 Å². The van der Waals surface area contributed by atoms with Crippen LogP contribution in [0.1, 0.15) is 5.56 Å². The molecular formula is C13H18N2O4. The number of nitrogens with zero attached hydrogens (tertiary/aromatic N) is 1. The highest BCUT2D eigenvalue weighted by atomic mass is 16.5. The maximum atomic E-state index is 11.3. The number of amides is 1. The van der Waals surface area contributed by atoms with Gasteiger partial charge in [0.05, 0.1) is 0 Å². The molecule has 0 aliphatic carbocycles. The Labute approximate surface area is 112 Å². The highest BCUT2D eigenvalue weighted by Crippen LogP contribution is 2.11. The lowest BCUT2D eigenvalue weighted by molar-refractivity contribution is -0.143. The zero-order valence-electron chi connectivity index (χ0n) is 11.0. The average Bonchev–Trinajstić information content (AvgIpc) is 2.36. The number of benzene rings is 1. The number of anilines is 1. The first kappa shape index (κ1) is 15.0. The third-order valence-electron chi connectivity index (χ3n) is 2.40. The molecule has 0 fully saturated rings. The largest absolute Gasteiger partial charge is 0.480 e. The van der Waals surface area contributed by atoms with Gasteiger partial charge in [-0.15, -0.1) is 0 Å². The van der Waals surface area contributed by atoms with Crippen LogP contribution >= 0.6 is 0 Å². The van der Waals surface area contributed by atoms with E-state index >= 15 is 0 Å². The van der Waals surface area contributed by atoms with E-state index in [4.69, 9.17) is 5.11 Å². The van der Waals surface area contributed by atoms with Gasteiger partial charge in [0.1, 0.15) is 13.2 Å². The molecule has 104 valence electrons. The van der Waals surface area contributed by atoms with Crippen molar-refractivity contribution in [3.05, 3.63) is 29.8 Å². The molecular weight excluding hydrogens is 248 g/mol. The number of aliphatic carboxylic acids is 1. The van der Waals surface area contributed by atoms with Gasteiger partial charge in [0.25, 0.3) is 0 Å². The summed E-state index contributed by atoms with van der Waals surface area (Å²) < 4.78 is 4.68. The topological polar surface area (TPSA) is 78.9 Å². The maximum absolute atomic E-state index is 11.3. The Bertz CT molecular complexity index is 429. The molecule has 6 heteroatoms. The zero-order chi connectivity index (χ0) is 14.3. The van der Waals surface area contributed by atoms with Gasteiger partial charge >= 0.3 is 5.97 Å². The van der Waals surface area contributed by atoms with Gasteiger partial charge in [-0.25, -0.2) is 4.79 Å². The number of carboxylic acids is 1. The smallest absolute Gasteiger partial charge is 0.329 e. The van der Waals surface area contributed by atoms with Crippen molar-refractivity contribution >= 4 is 17.6 Å². The molecule has 0 saturated carbocycles. The van der Waals surface area contributed by atoms with E-state index in [1.807, 2.05) is 43.3 Å². The lowest BCUT2D eigenvalue weighted by atomic mass is 10.2. The molecule has 6 nitrogen and oxygen atoms in total. The van der Waals surface area contributed by atoms with E-state index in [0.717, 1.165) is 11.3 Å². The number of nitrogens with one attached hydrogen (secondary N) is 1. The van der Waals surface area contributed by atoms with Gasteiger partial charge in [-0.2, -0.15) is 0 Å². The van der Waals surface area contributed by atoms with Crippen LogP contribution in [-0.2, 0) is 20.9 Å². The Morgan fingerprint density at radius 2 is 1.84 bits per heavy atom. The first-order chi connectivity index (χ1) is 8.99. The predicted octanol–water partition coefficient (Wildman–Crippen LogP) is 0.470. The molecule has 19 heavy (non-hydrogen) atoms. The quantitative estimate of drug-likeness (QED) is 0.750. The summed E-state index contributed by atoms with van der Waals surface area (Å²) in [6.07, 6.45) is 0. The van der Waals surface area contributed by atoms with Crippen molar-refractivity contribution < 1.29 is 19.4 Å². The number of hydrogen-bond donors (Lipinski definition) is 2. The first-order valence-corrected chi connectivity index (χ1v) is 5.81. The molecule has 1 rings (SSSR count). The number of ether oxygens (including phenoxy) is 1. The predicted molar refractivity (Wildman–Crippen MR) is 71.1 cm³/mol. The second-order valence-electron chi connectivity index (χ2n) is 4.22. The first-order valence-electron chi connectivity index (χ1n) is 5.81. The summed E-state index contributed by atoms with van der Waals surface area (Å²) in [6, 6.07) is 7.77. The molecule has 0 saturated heterocycles. The number of carbonyl (C=O) groups excluding carboxylic acids is 1. The van der Waals surface area contributed by atoms with Gasteiger partial charge in [-0.3, -0.25) is 4.79 Å². The van der Waals surface area contributed by atoms with Crippen molar-refractivity contribution in [1.29, 1.82) is 0 Å². The molecule has 1 aromatic rings. The van der Waals surface area contributed by atoms with Gasteiger partial charge in [-0.1, -0.05) is 12.1 Å². The van der Waals surface area contributed by atoms with E-state index in [1.54, 1.807) is 0 Å². The van der Waals surface area contributed by atoms with Gasteiger partial charge in [-0.05, 0) is 17.7 Å². The molecule has 0 aliphatic heterocycles.